The molecular weight excluding hydrogens is 270 g/mol. The fraction of sp³-hybridized carbons (Fsp3) is 0.333. The predicted molar refractivity (Wildman–Crippen MR) is 80.1 cm³/mol. The Bertz CT molecular complexity index is 636. The highest BCUT2D eigenvalue weighted by molar-refractivity contribution is 5.87. The summed E-state index contributed by atoms with van der Waals surface area (Å²) < 4.78 is 0. The van der Waals surface area contributed by atoms with E-state index in [0.29, 0.717) is 6.54 Å². The molecule has 21 heavy (non-hydrogen) atoms. The lowest BCUT2D eigenvalue weighted by Gasteiger charge is -2.14. The predicted octanol–water partition coefficient (Wildman–Crippen LogP) is 0.889. The van der Waals surface area contributed by atoms with Gasteiger partial charge in [-0.05, 0) is 18.2 Å². The summed E-state index contributed by atoms with van der Waals surface area (Å²) in [4.78, 5) is 26.1. The lowest BCUT2D eigenvalue weighted by Crippen LogP contribution is -2.45. The number of amides is 1. The van der Waals surface area contributed by atoms with Crippen LogP contribution in [-0.4, -0.2) is 41.1 Å². The van der Waals surface area contributed by atoms with Crippen LogP contribution in [-0.2, 0) is 16.0 Å². The molecule has 4 N–H and O–H groups in total. The van der Waals surface area contributed by atoms with E-state index in [-0.39, 0.29) is 18.9 Å². The number of carboxylic acids is 1. The lowest BCUT2D eigenvalue weighted by atomic mass is 10.1. The summed E-state index contributed by atoms with van der Waals surface area (Å²) in [6.07, 6.45) is 2.04. The number of aromatic amines is 1. The van der Waals surface area contributed by atoms with Gasteiger partial charge in [-0.2, -0.15) is 0 Å². The maximum atomic E-state index is 11.7. The van der Waals surface area contributed by atoms with Gasteiger partial charge in [-0.1, -0.05) is 25.1 Å². The molecule has 6 nitrogen and oxygen atoms in total. The number of H-pyrrole nitrogens is 1. The van der Waals surface area contributed by atoms with Gasteiger partial charge in [-0.3, -0.25) is 4.79 Å². The standard InChI is InChI=1S/C15H19N3O3/c1-2-16-9-14(19)18-13(15(20)21)7-10-8-17-12-6-4-3-5-11(10)12/h3-6,8,13,16-17H,2,7,9H2,1H3,(H,18,19)(H,20,21). The Morgan fingerprint density at radius 2 is 2.10 bits per heavy atom. The number of carbonyl (C=O) groups is 2. The van der Waals surface area contributed by atoms with Crippen LogP contribution < -0.4 is 10.6 Å². The van der Waals surface area contributed by atoms with Crippen molar-refractivity contribution in [2.45, 2.75) is 19.4 Å². The number of hydrogen-bond donors (Lipinski definition) is 4. The zero-order valence-corrected chi connectivity index (χ0v) is 11.8. The van der Waals surface area contributed by atoms with Gasteiger partial charge in [0.1, 0.15) is 6.04 Å². The topological polar surface area (TPSA) is 94.2 Å². The summed E-state index contributed by atoms with van der Waals surface area (Å²) in [5.41, 5.74) is 1.83. The Balaban J connectivity index is 2.09. The first-order valence-electron chi connectivity index (χ1n) is 6.89. The van der Waals surface area contributed by atoms with Crippen LogP contribution >= 0.6 is 0 Å². The van der Waals surface area contributed by atoms with Crippen LogP contribution in [0.1, 0.15) is 12.5 Å². The Morgan fingerprint density at radius 3 is 2.81 bits per heavy atom. The van der Waals surface area contributed by atoms with E-state index in [4.69, 9.17) is 0 Å². The number of rotatable bonds is 7. The van der Waals surface area contributed by atoms with Gasteiger partial charge in [0, 0.05) is 23.5 Å². The van der Waals surface area contributed by atoms with Gasteiger partial charge in [-0.25, -0.2) is 4.79 Å². The minimum absolute atomic E-state index is 0.119. The van der Waals surface area contributed by atoms with E-state index in [9.17, 15) is 14.7 Å². The van der Waals surface area contributed by atoms with E-state index in [2.05, 4.69) is 15.6 Å². The molecule has 0 aliphatic carbocycles. The van der Waals surface area contributed by atoms with Crippen molar-refractivity contribution in [1.29, 1.82) is 0 Å². The zero-order chi connectivity index (χ0) is 15.2. The van der Waals surface area contributed by atoms with Crippen LogP contribution in [0, 0.1) is 0 Å². The largest absolute Gasteiger partial charge is 0.480 e. The van der Waals surface area contributed by atoms with Crippen molar-refractivity contribution in [3.63, 3.8) is 0 Å². The summed E-state index contributed by atoms with van der Waals surface area (Å²) in [6.45, 7) is 2.66. The molecule has 0 radical (unpaired) electrons. The Morgan fingerprint density at radius 1 is 1.33 bits per heavy atom. The Labute approximate surface area is 122 Å². The number of carboxylic acid groups (broad SMARTS) is 1. The molecule has 112 valence electrons. The van der Waals surface area contributed by atoms with Crippen LogP contribution in [0.2, 0.25) is 0 Å². The van der Waals surface area contributed by atoms with Crippen molar-refractivity contribution in [1.82, 2.24) is 15.6 Å². The van der Waals surface area contributed by atoms with Crippen LogP contribution in [0.15, 0.2) is 30.5 Å². The van der Waals surface area contributed by atoms with E-state index >= 15 is 0 Å². The van der Waals surface area contributed by atoms with Crippen molar-refractivity contribution in [3.05, 3.63) is 36.0 Å². The summed E-state index contributed by atoms with van der Waals surface area (Å²) in [5, 5.41) is 15.7. The number of benzene rings is 1. The van der Waals surface area contributed by atoms with E-state index in [1.165, 1.54) is 0 Å². The summed E-state index contributed by atoms with van der Waals surface area (Å²) >= 11 is 0. The first-order valence-corrected chi connectivity index (χ1v) is 6.89. The van der Waals surface area contributed by atoms with Crippen LogP contribution in [0.4, 0.5) is 0 Å². The molecule has 2 aromatic rings. The molecular formula is C15H19N3O3. The maximum Gasteiger partial charge on any atom is 0.326 e. The molecule has 1 aromatic heterocycles. The monoisotopic (exact) mass is 289 g/mol. The van der Waals surface area contributed by atoms with Gasteiger partial charge in [0.15, 0.2) is 0 Å². The van der Waals surface area contributed by atoms with E-state index in [1.807, 2.05) is 31.2 Å². The smallest absolute Gasteiger partial charge is 0.326 e. The molecule has 1 unspecified atom stereocenters. The molecule has 6 heteroatoms. The molecule has 0 bridgehead atoms. The normalized spacial score (nSPS) is 12.2. The number of nitrogens with one attached hydrogen (secondary N) is 3. The number of fused-ring (bicyclic) bond motifs is 1. The maximum absolute atomic E-state index is 11.7. The summed E-state index contributed by atoms with van der Waals surface area (Å²) in [7, 11) is 0. The van der Waals surface area contributed by atoms with E-state index in [1.54, 1.807) is 6.20 Å². The van der Waals surface area contributed by atoms with E-state index in [0.717, 1.165) is 16.5 Å². The van der Waals surface area contributed by atoms with E-state index < -0.39 is 12.0 Å². The molecule has 0 aliphatic heterocycles. The molecule has 0 fully saturated rings. The second-order valence-corrected chi connectivity index (χ2v) is 4.80. The molecule has 0 spiro atoms. The lowest BCUT2D eigenvalue weighted by molar-refractivity contribution is -0.141. The Hall–Kier alpha value is -2.34. The number of para-hydroxylation sites is 1. The highest BCUT2D eigenvalue weighted by Gasteiger charge is 2.21. The first-order chi connectivity index (χ1) is 10.1. The van der Waals surface area contributed by atoms with Crippen molar-refractivity contribution in [2.24, 2.45) is 0 Å². The minimum atomic E-state index is -1.04. The van der Waals surface area contributed by atoms with Crippen LogP contribution in [0.3, 0.4) is 0 Å². The molecule has 2 rings (SSSR count). The van der Waals surface area contributed by atoms with Crippen LogP contribution in [0.25, 0.3) is 10.9 Å². The third-order valence-corrected chi connectivity index (χ3v) is 3.27. The van der Waals surface area contributed by atoms with Gasteiger partial charge in [0.25, 0.3) is 0 Å². The third-order valence-electron chi connectivity index (χ3n) is 3.27. The van der Waals surface area contributed by atoms with Crippen LogP contribution in [0.5, 0.6) is 0 Å². The van der Waals surface area contributed by atoms with Gasteiger partial charge in [0.05, 0.1) is 6.54 Å². The van der Waals surface area contributed by atoms with Crippen molar-refractivity contribution in [2.75, 3.05) is 13.1 Å². The van der Waals surface area contributed by atoms with Gasteiger partial charge in [0.2, 0.25) is 5.91 Å². The zero-order valence-electron chi connectivity index (χ0n) is 11.8. The molecule has 1 atom stereocenters. The SMILES string of the molecule is CCNCC(=O)NC(Cc1c[nH]c2ccccc12)C(=O)O. The number of aliphatic carboxylic acids is 1. The number of hydrogen-bond acceptors (Lipinski definition) is 3. The fourth-order valence-electron chi connectivity index (χ4n) is 2.20. The van der Waals surface area contributed by atoms with Gasteiger partial charge >= 0.3 is 5.97 Å². The third kappa shape index (κ3) is 3.82. The molecule has 0 saturated carbocycles. The number of aromatic nitrogens is 1. The van der Waals surface area contributed by atoms with Crippen molar-refractivity contribution in [3.8, 4) is 0 Å². The average molecular weight is 289 g/mol. The van der Waals surface area contributed by atoms with Crippen molar-refractivity contribution < 1.29 is 14.7 Å². The molecule has 1 heterocycles. The summed E-state index contributed by atoms with van der Waals surface area (Å²) in [6, 6.07) is 6.74. The Kier molecular flexibility index (Phi) is 4.94. The fourth-order valence-corrected chi connectivity index (χ4v) is 2.20. The first kappa shape index (κ1) is 15.1. The second kappa shape index (κ2) is 6.90. The molecule has 0 saturated heterocycles. The molecule has 1 aromatic carbocycles. The second-order valence-electron chi connectivity index (χ2n) is 4.80. The quantitative estimate of drug-likeness (QED) is 0.609. The molecule has 1 amide bonds. The molecule has 0 aliphatic rings. The number of carbonyl (C=O) groups excluding carboxylic acids is 1. The summed E-state index contributed by atoms with van der Waals surface area (Å²) in [5.74, 6) is -1.35. The van der Waals surface area contributed by atoms with Gasteiger partial charge in [-0.15, -0.1) is 0 Å². The minimum Gasteiger partial charge on any atom is -0.480 e. The van der Waals surface area contributed by atoms with Gasteiger partial charge < -0.3 is 20.7 Å². The average Bonchev–Trinajstić information content (AvgIpc) is 2.87. The number of likely N-dealkylation sites (N-methyl/N-ethyl adjacent to an activating group) is 1. The highest BCUT2D eigenvalue weighted by atomic mass is 16.4. The highest BCUT2D eigenvalue weighted by Crippen LogP contribution is 2.19. The van der Waals surface area contributed by atoms with Crippen molar-refractivity contribution >= 4 is 22.8 Å².